The summed E-state index contributed by atoms with van der Waals surface area (Å²) in [5.74, 6) is 0.998. The van der Waals surface area contributed by atoms with Crippen LogP contribution in [0.4, 0.5) is 11.4 Å². The Hall–Kier alpha value is -2.29. The van der Waals surface area contributed by atoms with E-state index in [9.17, 15) is 0 Å². The molecule has 0 aliphatic heterocycles. The molecule has 0 bridgehead atoms. The van der Waals surface area contributed by atoms with Crippen LogP contribution in [0.5, 0.6) is 0 Å². The Morgan fingerprint density at radius 2 is 1.08 bits per heavy atom. The second-order valence-electron chi connectivity index (χ2n) is 7.12. The van der Waals surface area contributed by atoms with E-state index in [0.29, 0.717) is 12.1 Å². The molecule has 0 aliphatic rings. The SMILES string of the molecule is CC(C)N=C(N(c1ccccc1)c1ccccc1)N(C(C)C)C(C)C. The van der Waals surface area contributed by atoms with Crippen molar-refractivity contribution in [2.75, 3.05) is 4.90 Å². The van der Waals surface area contributed by atoms with Crippen molar-refractivity contribution >= 4 is 17.3 Å². The van der Waals surface area contributed by atoms with Gasteiger partial charge in [-0.2, -0.15) is 0 Å². The number of hydrogen-bond donors (Lipinski definition) is 0. The summed E-state index contributed by atoms with van der Waals surface area (Å²) in [5.41, 5.74) is 2.25. The molecule has 0 radical (unpaired) electrons. The first-order valence-electron chi connectivity index (χ1n) is 9.18. The fourth-order valence-corrected chi connectivity index (χ4v) is 3.06. The largest absolute Gasteiger partial charge is 0.337 e. The van der Waals surface area contributed by atoms with Crippen molar-refractivity contribution in [1.29, 1.82) is 0 Å². The van der Waals surface area contributed by atoms with Crippen molar-refractivity contribution < 1.29 is 0 Å². The van der Waals surface area contributed by atoms with E-state index in [1.807, 2.05) is 0 Å². The van der Waals surface area contributed by atoms with Gasteiger partial charge in [0.1, 0.15) is 0 Å². The van der Waals surface area contributed by atoms with E-state index in [-0.39, 0.29) is 6.04 Å². The third kappa shape index (κ3) is 4.85. The van der Waals surface area contributed by atoms with Crippen LogP contribution in [0.3, 0.4) is 0 Å². The number of para-hydroxylation sites is 2. The zero-order valence-corrected chi connectivity index (χ0v) is 16.3. The van der Waals surface area contributed by atoms with Crippen molar-refractivity contribution in [3.63, 3.8) is 0 Å². The Bertz CT molecular complexity index is 613. The van der Waals surface area contributed by atoms with Crippen molar-refractivity contribution in [2.24, 2.45) is 4.99 Å². The van der Waals surface area contributed by atoms with E-state index in [1.165, 1.54) is 0 Å². The maximum atomic E-state index is 5.04. The molecule has 0 unspecified atom stereocenters. The third-order valence-electron chi connectivity index (χ3n) is 3.95. The minimum Gasteiger partial charge on any atom is -0.337 e. The molecule has 2 rings (SSSR count). The standard InChI is InChI=1S/C22H31N3/c1-17(2)23-22(24(18(3)4)19(5)6)25(20-13-9-7-10-14-20)21-15-11-8-12-16-21/h7-19H,1-6H3. The summed E-state index contributed by atoms with van der Waals surface area (Å²) in [6, 6.07) is 21.9. The molecule has 3 heteroatoms. The summed E-state index contributed by atoms with van der Waals surface area (Å²) in [6.07, 6.45) is 0. The second kappa shape index (κ2) is 8.70. The van der Waals surface area contributed by atoms with E-state index >= 15 is 0 Å². The van der Waals surface area contributed by atoms with Gasteiger partial charge in [-0.3, -0.25) is 4.90 Å². The van der Waals surface area contributed by atoms with Crippen LogP contribution in [-0.2, 0) is 0 Å². The van der Waals surface area contributed by atoms with Gasteiger partial charge in [-0.25, -0.2) is 4.99 Å². The number of anilines is 2. The van der Waals surface area contributed by atoms with Crippen LogP contribution < -0.4 is 4.90 Å². The zero-order valence-electron chi connectivity index (χ0n) is 16.3. The van der Waals surface area contributed by atoms with Gasteiger partial charge in [-0.15, -0.1) is 0 Å². The second-order valence-corrected chi connectivity index (χ2v) is 7.12. The monoisotopic (exact) mass is 337 g/mol. The Labute approximate surface area is 153 Å². The molecule has 0 aliphatic carbocycles. The molecule has 0 saturated heterocycles. The molecule has 0 spiro atoms. The van der Waals surface area contributed by atoms with E-state index in [0.717, 1.165) is 17.3 Å². The quantitative estimate of drug-likeness (QED) is 0.514. The highest BCUT2D eigenvalue weighted by molar-refractivity contribution is 6.03. The van der Waals surface area contributed by atoms with E-state index in [1.54, 1.807) is 0 Å². The number of nitrogens with zero attached hydrogens (tertiary/aromatic N) is 3. The van der Waals surface area contributed by atoms with Crippen LogP contribution in [-0.4, -0.2) is 29.0 Å². The number of guanidine groups is 1. The Morgan fingerprint density at radius 1 is 0.680 bits per heavy atom. The zero-order chi connectivity index (χ0) is 18.4. The average molecular weight is 338 g/mol. The minimum atomic E-state index is 0.213. The molecule has 25 heavy (non-hydrogen) atoms. The summed E-state index contributed by atoms with van der Waals surface area (Å²) in [4.78, 5) is 9.69. The van der Waals surface area contributed by atoms with Gasteiger partial charge in [0.2, 0.25) is 5.96 Å². The first-order chi connectivity index (χ1) is 11.9. The third-order valence-corrected chi connectivity index (χ3v) is 3.95. The van der Waals surface area contributed by atoms with E-state index < -0.39 is 0 Å². The van der Waals surface area contributed by atoms with Crippen molar-refractivity contribution in [3.05, 3.63) is 60.7 Å². The van der Waals surface area contributed by atoms with Gasteiger partial charge in [0.05, 0.1) is 0 Å². The first kappa shape index (κ1) is 19.0. The molecule has 0 fully saturated rings. The minimum absolute atomic E-state index is 0.213. The lowest BCUT2D eigenvalue weighted by atomic mass is 10.2. The molecule has 0 amide bonds. The summed E-state index contributed by atoms with van der Waals surface area (Å²) >= 11 is 0. The summed E-state index contributed by atoms with van der Waals surface area (Å²) < 4.78 is 0. The smallest absolute Gasteiger partial charge is 0.206 e. The first-order valence-corrected chi connectivity index (χ1v) is 9.18. The van der Waals surface area contributed by atoms with Crippen LogP contribution in [0.15, 0.2) is 65.7 Å². The molecule has 134 valence electrons. The molecule has 0 atom stereocenters. The van der Waals surface area contributed by atoms with Gasteiger partial charge in [0.15, 0.2) is 0 Å². The molecule has 0 N–H and O–H groups in total. The van der Waals surface area contributed by atoms with Crippen LogP contribution >= 0.6 is 0 Å². The topological polar surface area (TPSA) is 18.8 Å². The number of rotatable bonds is 5. The number of aliphatic imine (C=N–C) groups is 1. The highest BCUT2D eigenvalue weighted by atomic mass is 15.4. The highest BCUT2D eigenvalue weighted by Gasteiger charge is 2.26. The summed E-state index contributed by atoms with van der Waals surface area (Å²) in [6.45, 7) is 13.2. The summed E-state index contributed by atoms with van der Waals surface area (Å²) in [5, 5.41) is 0. The van der Waals surface area contributed by atoms with Crippen molar-refractivity contribution in [3.8, 4) is 0 Å². The fraction of sp³-hybridized carbons (Fsp3) is 0.409. The van der Waals surface area contributed by atoms with Gasteiger partial charge in [-0.05, 0) is 65.8 Å². The highest BCUT2D eigenvalue weighted by Crippen LogP contribution is 2.28. The lowest BCUT2D eigenvalue weighted by Crippen LogP contribution is -2.49. The molecule has 0 aromatic heterocycles. The Kier molecular flexibility index (Phi) is 6.63. The maximum absolute atomic E-state index is 5.04. The average Bonchev–Trinajstić information content (AvgIpc) is 2.56. The predicted molar refractivity (Wildman–Crippen MR) is 110 cm³/mol. The van der Waals surface area contributed by atoms with Crippen LogP contribution in [0.1, 0.15) is 41.5 Å². The van der Waals surface area contributed by atoms with Crippen LogP contribution in [0, 0.1) is 0 Å². The molecule has 0 heterocycles. The Balaban J connectivity index is 2.66. The van der Waals surface area contributed by atoms with Gasteiger partial charge in [0, 0.05) is 29.5 Å². The molecular weight excluding hydrogens is 306 g/mol. The van der Waals surface area contributed by atoms with Crippen molar-refractivity contribution in [1.82, 2.24) is 4.90 Å². The van der Waals surface area contributed by atoms with Gasteiger partial charge in [0.25, 0.3) is 0 Å². The normalized spacial score (nSPS) is 12.1. The molecule has 2 aromatic carbocycles. The molecule has 3 nitrogen and oxygen atoms in total. The van der Waals surface area contributed by atoms with Crippen LogP contribution in [0.2, 0.25) is 0 Å². The molecular formula is C22H31N3. The van der Waals surface area contributed by atoms with Gasteiger partial charge < -0.3 is 4.90 Å². The lowest BCUT2D eigenvalue weighted by Gasteiger charge is -2.40. The maximum Gasteiger partial charge on any atom is 0.206 e. The fourth-order valence-electron chi connectivity index (χ4n) is 3.06. The van der Waals surface area contributed by atoms with Crippen LogP contribution in [0.25, 0.3) is 0 Å². The predicted octanol–water partition coefficient (Wildman–Crippen LogP) is 5.71. The Morgan fingerprint density at radius 3 is 1.40 bits per heavy atom. The van der Waals surface area contributed by atoms with Gasteiger partial charge in [-0.1, -0.05) is 36.4 Å². The lowest BCUT2D eigenvalue weighted by molar-refractivity contribution is 0.287. The molecule has 0 saturated carbocycles. The van der Waals surface area contributed by atoms with E-state index in [2.05, 4.69) is 112 Å². The molecule has 2 aromatic rings. The number of benzene rings is 2. The number of hydrogen-bond acceptors (Lipinski definition) is 1. The van der Waals surface area contributed by atoms with Crippen molar-refractivity contribution in [2.45, 2.75) is 59.7 Å². The van der Waals surface area contributed by atoms with Gasteiger partial charge >= 0.3 is 0 Å². The summed E-state index contributed by atoms with van der Waals surface area (Å²) in [7, 11) is 0. The van der Waals surface area contributed by atoms with E-state index in [4.69, 9.17) is 4.99 Å².